The third-order valence-electron chi connectivity index (χ3n) is 5.36. The number of rotatable bonds is 4. The molecule has 0 spiro atoms. The van der Waals surface area contributed by atoms with Crippen LogP contribution in [0.1, 0.15) is 40.0 Å². The van der Waals surface area contributed by atoms with E-state index >= 15 is 0 Å². The van der Waals surface area contributed by atoms with Gasteiger partial charge in [-0.3, -0.25) is 14.9 Å². The van der Waals surface area contributed by atoms with E-state index in [1.165, 1.54) is 0 Å². The van der Waals surface area contributed by atoms with Crippen molar-refractivity contribution < 1.29 is 4.79 Å². The molecule has 146 valence electrons. The van der Waals surface area contributed by atoms with Gasteiger partial charge in [-0.2, -0.15) is 5.10 Å². The number of aromatic amines is 1. The Hall–Kier alpha value is -3.54. The largest absolute Gasteiger partial charge is 0.335 e. The molecule has 0 aliphatic rings. The van der Waals surface area contributed by atoms with Crippen LogP contribution < -0.4 is 0 Å². The first-order valence-corrected chi connectivity index (χ1v) is 9.54. The number of aryl methyl sites for hydroxylation is 2. The average molecular weight is 385 g/mol. The molecule has 4 aromatic rings. The monoisotopic (exact) mass is 385 g/mol. The first-order chi connectivity index (χ1) is 14.0. The van der Waals surface area contributed by atoms with Gasteiger partial charge in [-0.25, -0.2) is 4.98 Å². The normalized spacial score (nSPS) is 12.1. The van der Waals surface area contributed by atoms with Crippen molar-refractivity contribution in [3.05, 3.63) is 77.4 Å². The van der Waals surface area contributed by atoms with E-state index in [2.05, 4.69) is 21.2 Å². The van der Waals surface area contributed by atoms with Crippen LogP contribution in [0.2, 0.25) is 0 Å². The Labute approximate surface area is 169 Å². The molecular formula is C23H23N5O. The number of carbonyl (C=O) groups is 1. The number of nitrogens with zero attached hydrogens (tertiary/aromatic N) is 4. The Bertz CT molecular complexity index is 1170. The van der Waals surface area contributed by atoms with Crippen molar-refractivity contribution in [2.24, 2.45) is 0 Å². The van der Waals surface area contributed by atoms with Gasteiger partial charge in [0.1, 0.15) is 0 Å². The summed E-state index contributed by atoms with van der Waals surface area (Å²) in [4.78, 5) is 24.2. The maximum atomic E-state index is 13.6. The maximum Gasteiger partial charge on any atom is 0.254 e. The minimum Gasteiger partial charge on any atom is -0.335 e. The first-order valence-electron chi connectivity index (χ1n) is 9.54. The Morgan fingerprint density at radius 1 is 1.14 bits per heavy atom. The highest BCUT2D eigenvalue weighted by Crippen LogP contribution is 2.30. The summed E-state index contributed by atoms with van der Waals surface area (Å²) in [6.07, 6.45) is 7.00. The first kappa shape index (κ1) is 18.8. The van der Waals surface area contributed by atoms with E-state index in [0.29, 0.717) is 5.56 Å². The van der Waals surface area contributed by atoms with Crippen LogP contribution in [0.5, 0.6) is 0 Å². The van der Waals surface area contributed by atoms with Gasteiger partial charge in [0.25, 0.3) is 5.91 Å². The molecule has 1 atom stereocenters. The van der Waals surface area contributed by atoms with Gasteiger partial charge in [0.15, 0.2) is 0 Å². The van der Waals surface area contributed by atoms with Crippen molar-refractivity contribution in [3.63, 3.8) is 0 Å². The number of hydrogen-bond acceptors (Lipinski definition) is 4. The van der Waals surface area contributed by atoms with Crippen molar-refractivity contribution in [3.8, 4) is 11.3 Å². The number of amides is 1. The molecule has 1 N–H and O–H groups in total. The summed E-state index contributed by atoms with van der Waals surface area (Å²) in [5.74, 6) is -0.0449. The predicted octanol–water partition coefficient (Wildman–Crippen LogP) is 4.47. The molecule has 0 saturated heterocycles. The van der Waals surface area contributed by atoms with Gasteiger partial charge in [-0.15, -0.1) is 0 Å². The van der Waals surface area contributed by atoms with Gasteiger partial charge in [0, 0.05) is 36.6 Å². The topological polar surface area (TPSA) is 74.8 Å². The molecule has 0 unspecified atom stereocenters. The average Bonchev–Trinajstić information content (AvgIpc) is 3.27. The summed E-state index contributed by atoms with van der Waals surface area (Å²) in [6.45, 7) is 6.08. The number of aromatic nitrogens is 4. The van der Waals surface area contributed by atoms with E-state index in [0.717, 1.165) is 38.9 Å². The molecule has 0 radical (unpaired) electrons. The zero-order valence-electron chi connectivity index (χ0n) is 17.0. The molecule has 0 bridgehead atoms. The Kier molecular flexibility index (Phi) is 4.84. The molecule has 4 rings (SSSR count). The minimum atomic E-state index is -0.0861. The summed E-state index contributed by atoms with van der Waals surface area (Å²) in [5.41, 5.74) is 6.24. The number of benzene rings is 1. The molecule has 0 fully saturated rings. The van der Waals surface area contributed by atoms with Crippen LogP contribution in [-0.2, 0) is 0 Å². The lowest BCUT2D eigenvalue weighted by Crippen LogP contribution is -2.30. The molecule has 0 aliphatic carbocycles. The third-order valence-corrected chi connectivity index (χ3v) is 5.36. The van der Waals surface area contributed by atoms with Crippen LogP contribution in [0.4, 0.5) is 0 Å². The van der Waals surface area contributed by atoms with Crippen LogP contribution in [0.3, 0.4) is 0 Å². The smallest absolute Gasteiger partial charge is 0.254 e. The van der Waals surface area contributed by atoms with E-state index in [1.807, 2.05) is 52.1 Å². The lowest BCUT2D eigenvalue weighted by atomic mass is 9.99. The maximum absolute atomic E-state index is 13.6. The molecule has 29 heavy (non-hydrogen) atoms. The van der Waals surface area contributed by atoms with E-state index in [1.54, 1.807) is 29.7 Å². The highest BCUT2D eigenvalue weighted by atomic mass is 16.2. The van der Waals surface area contributed by atoms with Crippen LogP contribution in [-0.4, -0.2) is 38.0 Å². The Balaban J connectivity index is 1.86. The van der Waals surface area contributed by atoms with Crippen molar-refractivity contribution in [2.45, 2.75) is 26.8 Å². The number of H-pyrrole nitrogens is 1. The van der Waals surface area contributed by atoms with Gasteiger partial charge in [-0.1, -0.05) is 11.6 Å². The molecule has 3 heterocycles. The summed E-state index contributed by atoms with van der Waals surface area (Å²) >= 11 is 0. The van der Waals surface area contributed by atoms with Crippen LogP contribution >= 0.6 is 0 Å². The minimum absolute atomic E-state index is 0.0449. The fourth-order valence-corrected chi connectivity index (χ4v) is 3.63. The number of carbonyl (C=O) groups excluding carboxylic acids is 1. The van der Waals surface area contributed by atoms with Crippen molar-refractivity contribution in [2.75, 3.05) is 7.05 Å². The molecule has 0 aliphatic heterocycles. The van der Waals surface area contributed by atoms with Gasteiger partial charge in [0.2, 0.25) is 0 Å². The Morgan fingerprint density at radius 3 is 2.59 bits per heavy atom. The van der Waals surface area contributed by atoms with E-state index < -0.39 is 0 Å². The number of pyridine rings is 2. The van der Waals surface area contributed by atoms with Gasteiger partial charge in [-0.05, 0) is 56.2 Å². The molecular weight excluding hydrogens is 362 g/mol. The number of hydrogen-bond donors (Lipinski definition) is 1. The van der Waals surface area contributed by atoms with Crippen LogP contribution in [0.25, 0.3) is 22.2 Å². The second kappa shape index (κ2) is 7.47. The summed E-state index contributed by atoms with van der Waals surface area (Å²) in [6, 6.07) is 9.77. The summed E-state index contributed by atoms with van der Waals surface area (Å²) in [5, 5.41) is 7.72. The fourth-order valence-electron chi connectivity index (χ4n) is 3.63. The van der Waals surface area contributed by atoms with Crippen LogP contribution in [0.15, 0.2) is 55.1 Å². The fraction of sp³-hybridized carbons (Fsp3) is 0.217. The highest BCUT2D eigenvalue weighted by molar-refractivity contribution is 6.08. The SMILES string of the molecule is Cc1cc(C)c2nc(-c3cn[nH]c3)cc(C(=O)N(C)[C@@H](C)c3ccncc3)c2c1. The van der Waals surface area contributed by atoms with Gasteiger partial charge >= 0.3 is 0 Å². The second-order valence-corrected chi connectivity index (χ2v) is 7.39. The summed E-state index contributed by atoms with van der Waals surface area (Å²) < 4.78 is 0. The zero-order valence-corrected chi connectivity index (χ0v) is 17.0. The van der Waals surface area contributed by atoms with Crippen LogP contribution in [0, 0.1) is 13.8 Å². The van der Waals surface area contributed by atoms with E-state index in [9.17, 15) is 4.79 Å². The summed E-state index contributed by atoms with van der Waals surface area (Å²) in [7, 11) is 1.83. The standard InChI is InChI=1S/C23H23N5O/c1-14-9-15(2)22-19(10-14)20(11-21(27-22)18-12-25-26-13-18)23(29)28(4)16(3)17-5-7-24-8-6-17/h5-13,16H,1-4H3,(H,25,26)/t16-/m0/s1. The molecule has 1 amide bonds. The predicted molar refractivity (Wildman–Crippen MR) is 114 cm³/mol. The lowest BCUT2D eigenvalue weighted by Gasteiger charge is -2.26. The van der Waals surface area contributed by atoms with E-state index in [-0.39, 0.29) is 11.9 Å². The third kappa shape index (κ3) is 3.49. The molecule has 3 aromatic heterocycles. The Morgan fingerprint density at radius 2 is 1.90 bits per heavy atom. The number of nitrogens with one attached hydrogen (secondary N) is 1. The molecule has 6 nitrogen and oxygen atoms in total. The van der Waals surface area contributed by atoms with Crippen molar-refractivity contribution >= 4 is 16.8 Å². The number of fused-ring (bicyclic) bond motifs is 1. The molecule has 0 saturated carbocycles. The molecule has 6 heteroatoms. The van der Waals surface area contributed by atoms with Gasteiger partial charge < -0.3 is 4.90 Å². The van der Waals surface area contributed by atoms with Crippen molar-refractivity contribution in [1.29, 1.82) is 0 Å². The molecule has 1 aromatic carbocycles. The van der Waals surface area contributed by atoms with E-state index in [4.69, 9.17) is 4.98 Å². The zero-order chi connectivity index (χ0) is 20.5. The highest BCUT2D eigenvalue weighted by Gasteiger charge is 2.23. The quantitative estimate of drug-likeness (QED) is 0.562. The second-order valence-electron chi connectivity index (χ2n) is 7.39. The van der Waals surface area contributed by atoms with Crippen molar-refractivity contribution in [1.82, 2.24) is 25.1 Å². The lowest BCUT2D eigenvalue weighted by molar-refractivity contribution is 0.0744. The van der Waals surface area contributed by atoms with Gasteiger partial charge in [0.05, 0.1) is 29.0 Å².